The maximum absolute atomic E-state index is 12.4. The normalized spacial score (nSPS) is 21.1. The van der Waals surface area contributed by atoms with Crippen molar-refractivity contribution in [2.45, 2.75) is 59.9 Å². The topological polar surface area (TPSA) is 49.4 Å². The molecule has 0 saturated carbocycles. The molecule has 0 spiro atoms. The van der Waals surface area contributed by atoms with E-state index in [1.54, 1.807) is 4.31 Å². The number of nitrogens with zero attached hydrogens (tertiary/aromatic N) is 1. The Labute approximate surface area is 125 Å². The highest BCUT2D eigenvalue weighted by Gasteiger charge is 2.32. The van der Waals surface area contributed by atoms with E-state index in [0.717, 1.165) is 25.8 Å². The predicted molar refractivity (Wildman–Crippen MR) is 85.3 cm³/mol. The molecular formula is C15H32N2O2S. The summed E-state index contributed by atoms with van der Waals surface area (Å²) in [4.78, 5) is 0. The number of rotatable bonds is 6. The molecule has 1 aliphatic rings. The van der Waals surface area contributed by atoms with Gasteiger partial charge < -0.3 is 5.32 Å². The largest absolute Gasteiger partial charge is 0.314 e. The third-order valence-electron chi connectivity index (χ3n) is 3.93. The molecule has 5 heteroatoms. The highest BCUT2D eigenvalue weighted by Crippen LogP contribution is 2.25. The van der Waals surface area contributed by atoms with Crippen LogP contribution < -0.4 is 5.32 Å². The van der Waals surface area contributed by atoms with Gasteiger partial charge in [0.1, 0.15) is 0 Å². The lowest BCUT2D eigenvalue weighted by molar-refractivity contribution is 0.230. The molecule has 1 saturated heterocycles. The number of piperidine rings is 1. The van der Waals surface area contributed by atoms with Crippen LogP contribution >= 0.6 is 0 Å². The Morgan fingerprint density at radius 3 is 2.25 bits per heavy atom. The summed E-state index contributed by atoms with van der Waals surface area (Å²) < 4.78 is 26.4. The van der Waals surface area contributed by atoms with Gasteiger partial charge >= 0.3 is 0 Å². The van der Waals surface area contributed by atoms with E-state index in [4.69, 9.17) is 0 Å². The van der Waals surface area contributed by atoms with E-state index < -0.39 is 10.0 Å². The van der Waals surface area contributed by atoms with Crippen molar-refractivity contribution >= 4 is 10.0 Å². The fourth-order valence-electron chi connectivity index (χ4n) is 2.83. The summed E-state index contributed by atoms with van der Waals surface area (Å²) in [6.07, 6.45) is 3.09. The molecular weight excluding hydrogens is 272 g/mol. The summed E-state index contributed by atoms with van der Waals surface area (Å²) >= 11 is 0. The lowest BCUT2D eigenvalue weighted by Crippen LogP contribution is -2.46. The van der Waals surface area contributed by atoms with E-state index in [1.807, 2.05) is 20.8 Å². The molecule has 20 heavy (non-hydrogen) atoms. The van der Waals surface area contributed by atoms with Gasteiger partial charge in [-0.3, -0.25) is 0 Å². The van der Waals surface area contributed by atoms with Crippen molar-refractivity contribution in [1.29, 1.82) is 0 Å². The Balaban J connectivity index is 2.49. The quantitative estimate of drug-likeness (QED) is 0.820. The van der Waals surface area contributed by atoms with Gasteiger partial charge in [-0.1, -0.05) is 27.7 Å². The minimum atomic E-state index is -3.09. The van der Waals surface area contributed by atoms with Crippen LogP contribution in [0, 0.1) is 11.3 Å². The van der Waals surface area contributed by atoms with E-state index in [1.165, 1.54) is 0 Å². The third-order valence-corrected chi connectivity index (χ3v) is 6.31. The molecule has 1 aliphatic heterocycles. The van der Waals surface area contributed by atoms with Crippen LogP contribution in [0.25, 0.3) is 0 Å². The molecule has 1 heterocycles. The van der Waals surface area contributed by atoms with Gasteiger partial charge in [0.15, 0.2) is 0 Å². The summed E-state index contributed by atoms with van der Waals surface area (Å²) in [6.45, 7) is 12.7. The molecule has 1 unspecified atom stereocenters. The van der Waals surface area contributed by atoms with Crippen molar-refractivity contribution in [2.24, 2.45) is 11.3 Å². The smallest absolute Gasteiger partial charge is 0.214 e. The average molecular weight is 305 g/mol. The summed E-state index contributed by atoms with van der Waals surface area (Å²) in [6, 6.07) is 0.488. The maximum atomic E-state index is 12.4. The molecule has 0 aliphatic carbocycles. The maximum Gasteiger partial charge on any atom is 0.214 e. The Hall–Kier alpha value is -0.130. The second-order valence-electron chi connectivity index (χ2n) is 7.30. The zero-order valence-electron chi connectivity index (χ0n) is 13.8. The van der Waals surface area contributed by atoms with Crippen LogP contribution in [0.2, 0.25) is 0 Å². The number of nitrogens with one attached hydrogen (secondary N) is 1. The molecule has 0 radical (unpaired) electrons. The Morgan fingerprint density at radius 2 is 1.80 bits per heavy atom. The second-order valence-corrected chi connectivity index (χ2v) is 9.27. The van der Waals surface area contributed by atoms with Crippen molar-refractivity contribution in [3.05, 3.63) is 0 Å². The van der Waals surface area contributed by atoms with E-state index in [-0.39, 0.29) is 11.2 Å². The second kappa shape index (κ2) is 7.23. The molecule has 1 fully saturated rings. The van der Waals surface area contributed by atoms with Gasteiger partial charge in [-0.25, -0.2) is 12.7 Å². The van der Waals surface area contributed by atoms with E-state index in [0.29, 0.717) is 25.0 Å². The van der Waals surface area contributed by atoms with Crippen LogP contribution in [-0.2, 0) is 10.0 Å². The molecule has 1 atom stereocenters. The molecule has 4 nitrogen and oxygen atoms in total. The van der Waals surface area contributed by atoms with Crippen molar-refractivity contribution in [3.8, 4) is 0 Å². The zero-order chi connectivity index (χ0) is 15.4. The van der Waals surface area contributed by atoms with Crippen molar-refractivity contribution in [1.82, 2.24) is 9.62 Å². The first-order chi connectivity index (χ1) is 9.15. The molecule has 0 aromatic heterocycles. The first kappa shape index (κ1) is 17.9. The van der Waals surface area contributed by atoms with Crippen molar-refractivity contribution in [2.75, 3.05) is 25.4 Å². The number of hydrogen-bond acceptors (Lipinski definition) is 3. The lowest BCUT2D eigenvalue weighted by Gasteiger charge is -2.35. The Bertz CT molecular complexity index is 379. The van der Waals surface area contributed by atoms with Crippen molar-refractivity contribution < 1.29 is 8.42 Å². The standard InChI is InChI=1S/C15H32N2O2S/c1-6-9-16-13(2)14-7-10-17(11-8-14)20(18,19)12-15(3,4)5/h13-14,16H,6-12H2,1-5H3. The van der Waals surface area contributed by atoms with Crippen LogP contribution in [0.1, 0.15) is 53.9 Å². The fourth-order valence-corrected chi connectivity index (χ4v) is 4.88. The molecule has 0 aromatic carbocycles. The first-order valence-electron chi connectivity index (χ1n) is 7.87. The average Bonchev–Trinajstić information content (AvgIpc) is 2.33. The van der Waals surface area contributed by atoms with Crippen LogP contribution in [0.15, 0.2) is 0 Å². The van der Waals surface area contributed by atoms with Crippen molar-refractivity contribution in [3.63, 3.8) is 0 Å². The summed E-state index contributed by atoms with van der Waals surface area (Å²) in [5.74, 6) is 0.844. The predicted octanol–water partition coefficient (Wildman–Crippen LogP) is 2.46. The minimum Gasteiger partial charge on any atom is -0.314 e. The minimum absolute atomic E-state index is 0.175. The van der Waals surface area contributed by atoms with Gasteiger partial charge in [0.25, 0.3) is 0 Å². The zero-order valence-corrected chi connectivity index (χ0v) is 14.6. The van der Waals surface area contributed by atoms with Gasteiger partial charge in [0.2, 0.25) is 10.0 Å². The lowest BCUT2D eigenvalue weighted by atomic mass is 9.91. The van der Waals surface area contributed by atoms with E-state index in [2.05, 4.69) is 19.2 Å². The highest BCUT2D eigenvalue weighted by atomic mass is 32.2. The molecule has 1 rings (SSSR count). The van der Waals surface area contributed by atoms with Gasteiger partial charge in [-0.05, 0) is 44.1 Å². The Kier molecular flexibility index (Phi) is 6.48. The van der Waals surface area contributed by atoms with Crippen LogP contribution in [-0.4, -0.2) is 44.2 Å². The van der Waals surface area contributed by atoms with Gasteiger partial charge in [0.05, 0.1) is 5.75 Å². The molecule has 0 aromatic rings. The third kappa shape index (κ3) is 5.70. The fraction of sp³-hybridized carbons (Fsp3) is 1.00. The SMILES string of the molecule is CCCNC(C)C1CCN(S(=O)(=O)CC(C)(C)C)CC1. The van der Waals surface area contributed by atoms with Gasteiger partial charge in [-0.2, -0.15) is 0 Å². The van der Waals surface area contributed by atoms with Crippen LogP contribution in [0.3, 0.4) is 0 Å². The summed E-state index contributed by atoms with van der Waals surface area (Å²) in [7, 11) is -3.09. The molecule has 1 N–H and O–H groups in total. The monoisotopic (exact) mass is 304 g/mol. The molecule has 0 bridgehead atoms. The summed E-state index contributed by atoms with van der Waals surface area (Å²) in [5.41, 5.74) is -0.175. The van der Waals surface area contributed by atoms with Gasteiger partial charge in [-0.15, -0.1) is 0 Å². The van der Waals surface area contributed by atoms with Gasteiger partial charge in [0, 0.05) is 19.1 Å². The van der Waals surface area contributed by atoms with Crippen LogP contribution in [0.4, 0.5) is 0 Å². The highest BCUT2D eigenvalue weighted by molar-refractivity contribution is 7.89. The Morgan fingerprint density at radius 1 is 1.25 bits per heavy atom. The molecule has 0 amide bonds. The molecule has 120 valence electrons. The summed E-state index contributed by atoms with van der Waals surface area (Å²) in [5, 5.41) is 3.53. The number of hydrogen-bond donors (Lipinski definition) is 1. The van der Waals surface area contributed by atoms with E-state index >= 15 is 0 Å². The number of sulfonamides is 1. The van der Waals surface area contributed by atoms with E-state index in [9.17, 15) is 8.42 Å². The van der Waals surface area contributed by atoms with Crippen LogP contribution in [0.5, 0.6) is 0 Å². The first-order valence-corrected chi connectivity index (χ1v) is 9.48.